The molecule has 136 valence electrons. The predicted molar refractivity (Wildman–Crippen MR) is 106 cm³/mol. The Kier molecular flexibility index (Phi) is 3.67. The van der Waals surface area contributed by atoms with Gasteiger partial charge in [0.15, 0.2) is 0 Å². The Morgan fingerprint density at radius 1 is 1.15 bits per heavy atom. The molecule has 0 unspecified atom stereocenters. The Labute approximate surface area is 156 Å². The molecule has 1 aliphatic heterocycles. The molecule has 0 aliphatic carbocycles. The highest BCUT2D eigenvalue weighted by Crippen LogP contribution is 2.30. The predicted octanol–water partition coefficient (Wildman–Crippen LogP) is 3.79. The molecule has 3 heterocycles. The number of hydrogen-bond donors (Lipinski definition) is 2. The Morgan fingerprint density at radius 2 is 2.04 bits per heavy atom. The summed E-state index contributed by atoms with van der Waals surface area (Å²) < 4.78 is 5.35. The Balaban J connectivity index is 1.39. The summed E-state index contributed by atoms with van der Waals surface area (Å²) in [7, 11) is 1.69. The van der Waals surface area contributed by atoms with Crippen LogP contribution in [-0.4, -0.2) is 34.4 Å². The second kappa shape index (κ2) is 6.20. The molecule has 0 spiro atoms. The number of nitrogens with zero attached hydrogens (tertiary/aromatic N) is 1. The summed E-state index contributed by atoms with van der Waals surface area (Å²) in [5, 5.41) is 2.33. The van der Waals surface area contributed by atoms with Gasteiger partial charge in [0.05, 0.1) is 20.1 Å². The molecule has 5 rings (SSSR count). The van der Waals surface area contributed by atoms with Gasteiger partial charge in [-0.25, -0.2) is 0 Å². The van der Waals surface area contributed by atoms with Crippen LogP contribution in [0.4, 0.5) is 0 Å². The summed E-state index contributed by atoms with van der Waals surface area (Å²) in [6.07, 6.45) is 3.24. The molecule has 0 atom stereocenters. The lowest BCUT2D eigenvalue weighted by Gasteiger charge is -2.27. The van der Waals surface area contributed by atoms with Gasteiger partial charge in [-0.3, -0.25) is 4.79 Å². The van der Waals surface area contributed by atoms with E-state index in [1.165, 1.54) is 10.9 Å². The Bertz CT molecular complexity index is 1160. The normalized spacial score (nSPS) is 13.9. The van der Waals surface area contributed by atoms with Crippen LogP contribution >= 0.6 is 0 Å². The molecule has 0 radical (unpaired) electrons. The number of ether oxygens (including phenoxy) is 1. The van der Waals surface area contributed by atoms with Crippen molar-refractivity contribution in [1.29, 1.82) is 0 Å². The smallest absolute Gasteiger partial charge is 0.227 e. The number of carbonyl (C=O) groups is 1. The largest absolute Gasteiger partial charge is 0.497 e. The van der Waals surface area contributed by atoms with Gasteiger partial charge in [-0.15, -0.1) is 0 Å². The topological polar surface area (TPSA) is 61.1 Å². The summed E-state index contributed by atoms with van der Waals surface area (Å²) in [4.78, 5) is 21.6. The summed E-state index contributed by atoms with van der Waals surface area (Å²) in [6.45, 7) is 1.38. The molecule has 2 N–H and O–H groups in total. The van der Waals surface area contributed by atoms with E-state index in [1.54, 1.807) is 7.11 Å². The second-order valence-corrected chi connectivity index (χ2v) is 7.10. The minimum Gasteiger partial charge on any atom is -0.497 e. The number of benzene rings is 2. The maximum Gasteiger partial charge on any atom is 0.227 e. The van der Waals surface area contributed by atoms with Crippen LogP contribution in [0.15, 0.2) is 48.7 Å². The quantitative estimate of drug-likeness (QED) is 0.585. The molecule has 0 fully saturated rings. The fourth-order valence-electron chi connectivity index (χ4n) is 4.11. The number of rotatable bonds is 3. The maximum absolute atomic E-state index is 12.9. The van der Waals surface area contributed by atoms with Crippen molar-refractivity contribution < 1.29 is 9.53 Å². The lowest BCUT2D eigenvalue weighted by molar-refractivity contribution is -0.131. The molecular formula is C22H21N3O2. The van der Waals surface area contributed by atoms with E-state index in [-0.39, 0.29) is 5.91 Å². The van der Waals surface area contributed by atoms with Crippen molar-refractivity contribution in [3.05, 3.63) is 65.5 Å². The highest BCUT2D eigenvalue weighted by atomic mass is 16.5. The Hall–Kier alpha value is -3.21. The number of aromatic amines is 2. The van der Waals surface area contributed by atoms with Crippen LogP contribution in [-0.2, 0) is 24.2 Å². The molecule has 0 bridgehead atoms. The number of fused-ring (bicyclic) bond motifs is 4. The van der Waals surface area contributed by atoms with Crippen molar-refractivity contribution in [3.63, 3.8) is 0 Å². The van der Waals surface area contributed by atoms with E-state index in [2.05, 4.69) is 22.1 Å². The van der Waals surface area contributed by atoms with Crippen molar-refractivity contribution in [1.82, 2.24) is 14.9 Å². The number of hydrogen-bond acceptors (Lipinski definition) is 2. The standard InChI is InChI=1S/C22H21N3O2/c1-27-15-6-7-20-18(11-15)17-8-9-25(13-21(17)24-20)22(26)10-14-12-23-19-5-3-2-4-16(14)19/h2-7,11-12,23-24H,8-10,13H2,1H3. The molecule has 4 aromatic rings. The van der Waals surface area contributed by atoms with Crippen LogP contribution in [0.3, 0.4) is 0 Å². The van der Waals surface area contributed by atoms with Crippen LogP contribution in [0.25, 0.3) is 21.8 Å². The maximum atomic E-state index is 12.9. The number of carbonyl (C=O) groups excluding carboxylic acids is 1. The van der Waals surface area contributed by atoms with Gasteiger partial charge in [0.2, 0.25) is 5.91 Å². The van der Waals surface area contributed by atoms with E-state index < -0.39 is 0 Å². The van der Waals surface area contributed by atoms with Crippen molar-refractivity contribution >= 4 is 27.7 Å². The third-order valence-corrected chi connectivity index (χ3v) is 5.55. The summed E-state index contributed by atoms with van der Waals surface area (Å²) in [6, 6.07) is 14.2. The summed E-state index contributed by atoms with van der Waals surface area (Å²) >= 11 is 0. The molecule has 27 heavy (non-hydrogen) atoms. The SMILES string of the molecule is COc1ccc2[nH]c3c(c2c1)CCN(C(=O)Cc1c[nH]c2ccccc12)C3. The van der Waals surface area contributed by atoms with Crippen molar-refractivity contribution in [2.75, 3.05) is 13.7 Å². The van der Waals surface area contributed by atoms with E-state index in [4.69, 9.17) is 4.74 Å². The van der Waals surface area contributed by atoms with Crippen molar-refractivity contribution in [2.24, 2.45) is 0 Å². The van der Waals surface area contributed by atoms with Crippen LogP contribution in [0.5, 0.6) is 5.75 Å². The number of amides is 1. The minimum atomic E-state index is 0.168. The minimum absolute atomic E-state index is 0.168. The van der Waals surface area contributed by atoms with E-state index in [0.717, 1.165) is 46.4 Å². The number of para-hydroxylation sites is 1. The molecule has 5 heteroatoms. The third-order valence-electron chi connectivity index (χ3n) is 5.55. The van der Waals surface area contributed by atoms with Gasteiger partial charge >= 0.3 is 0 Å². The first-order valence-electron chi connectivity index (χ1n) is 9.23. The van der Waals surface area contributed by atoms with Gasteiger partial charge in [-0.1, -0.05) is 18.2 Å². The molecule has 0 saturated heterocycles. The second-order valence-electron chi connectivity index (χ2n) is 7.10. The number of nitrogens with one attached hydrogen (secondary N) is 2. The lowest BCUT2D eigenvalue weighted by Crippen LogP contribution is -2.36. The molecule has 2 aromatic heterocycles. The number of methoxy groups -OCH3 is 1. The third kappa shape index (κ3) is 2.67. The highest BCUT2D eigenvalue weighted by Gasteiger charge is 2.24. The fraction of sp³-hybridized carbons (Fsp3) is 0.227. The first-order valence-corrected chi connectivity index (χ1v) is 9.23. The average Bonchev–Trinajstić information content (AvgIpc) is 3.28. The number of aromatic nitrogens is 2. The van der Waals surface area contributed by atoms with Crippen LogP contribution < -0.4 is 4.74 Å². The van der Waals surface area contributed by atoms with Gasteiger partial charge in [-0.2, -0.15) is 0 Å². The zero-order valence-corrected chi connectivity index (χ0v) is 15.2. The summed E-state index contributed by atoms with van der Waals surface area (Å²) in [5.41, 5.74) is 5.68. The lowest BCUT2D eigenvalue weighted by atomic mass is 10.0. The Morgan fingerprint density at radius 3 is 2.93 bits per heavy atom. The first-order chi connectivity index (χ1) is 13.2. The van der Waals surface area contributed by atoms with Gasteiger partial charge < -0.3 is 19.6 Å². The first kappa shape index (κ1) is 16.0. The van der Waals surface area contributed by atoms with E-state index in [0.29, 0.717) is 13.0 Å². The monoisotopic (exact) mass is 359 g/mol. The van der Waals surface area contributed by atoms with E-state index in [1.807, 2.05) is 41.4 Å². The highest BCUT2D eigenvalue weighted by molar-refractivity contribution is 5.90. The van der Waals surface area contributed by atoms with Crippen LogP contribution in [0.1, 0.15) is 16.8 Å². The molecule has 5 nitrogen and oxygen atoms in total. The summed E-state index contributed by atoms with van der Waals surface area (Å²) in [5.74, 6) is 1.03. The molecular weight excluding hydrogens is 338 g/mol. The zero-order valence-electron chi connectivity index (χ0n) is 15.2. The molecule has 1 amide bonds. The van der Waals surface area contributed by atoms with Gasteiger partial charge in [0.25, 0.3) is 0 Å². The van der Waals surface area contributed by atoms with E-state index >= 15 is 0 Å². The van der Waals surface area contributed by atoms with Crippen LogP contribution in [0, 0.1) is 0 Å². The zero-order chi connectivity index (χ0) is 18.4. The van der Waals surface area contributed by atoms with Crippen molar-refractivity contribution in [3.8, 4) is 5.75 Å². The van der Waals surface area contributed by atoms with Gasteiger partial charge in [0, 0.05) is 40.2 Å². The van der Waals surface area contributed by atoms with Gasteiger partial charge in [-0.05, 0) is 41.8 Å². The van der Waals surface area contributed by atoms with Crippen LogP contribution in [0.2, 0.25) is 0 Å². The van der Waals surface area contributed by atoms with Crippen molar-refractivity contribution in [2.45, 2.75) is 19.4 Å². The average molecular weight is 359 g/mol. The fourth-order valence-corrected chi connectivity index (χ4v) is 4.11. The molecule has 1 aliphatic rings. The van der Waals surface area contributed by atoms with Gasteiger partial charge in [0.1, 0.15) is 5.75 Å². The molecule has 0 saturated carbocycles. The molecule has 2 aromatic carbocycles. The van der Waals surface area contributed by atoms with E-state index in [9.17, 15) is 4.79 Å². The number of H-pyrrole nitrogens is 2.